The molecule has 1 aromatic heterocycles. The molecule has 6 heteroatoms. The van der Waals surface area contributed by atoms with Crippen molar-refractivity contribution in [1.82, 2.24) is 4.98 Å². The number of nitrogens with zero attached hydrogens (tertiary/aromatic N) is 1. The van der Waals surface area contributed by atoms with Crippen molar-refractivity contribution in [2.45, 2.75) is 6.54 Å². The van der Waals surface area contributed by atoms with E-state index < -0.39 is 5.82 Å². The maximum atomic E-state index is 13.1. The number of para-hydroxylation sites is 1. The van der Waals surface area contributed by atoms with Gasteiger partial charge in [0.25, 0.3) is 0 Å². The lowest BCUT2D eigenvalue weighted by molar-refractivity contribution is 0.340. The van der Waals surface area contributed by atoms with Gasteiger partial charge in [-0.2, -0.15) is 0 Å². The van der Waals surface area contributed by atoms with E-state index in [0.717, 1.165) is 6.20 Å². The predicted molar refractivity (Wildman–Crippen MR) is 71.7 cm³/mol. The number of halogens is 1. The van der Waals surface area contributed by atoms with E-state index in [9.17, 15) is 4.39 Å². The maximum absolute atomic E-state index is 13.1. The minimum atomic E-state index is -0.468. The largest absolute Gasteiger partial charge is 0.493 e. The highest BCUT2D eigenvalue weighted by Gasteiger charge is 2.15. The summed E-state index contributed by atoms with van der Waals surface area (Å²) in [7, 11) is 3.03. The Morgan fingerprint density at radius 2 is 1.85 bits per heavy atom. The number of hydrogen-bond donors (Lipinski definition) is 1. The topological polar surface area (TPSA) is 66.6 Å². The minimum Gasteiger partial charge on any atom is -0.493 e. The van der Waals surface area contributed by atoms with Crippen LogP contribution in [-0.2, 0) is 6.54 Å². The first-order valence-electron chi connectivity index (χ1n) is 5.93. The van der Waals surface area contributed by atoms with Crippen LogP contribution in [0.4, 0.5) is 4.39 Å². The molecule has 0 spiro atoms. The first kappa shape index (κ1) is 14.1. The smallest absolute Gasteiger partial charge is 0.224 e. The lowest BCUT2D eigenvalue weighted by Crippen LogP contribution is -2.03. The molecule has 0 amide bonds. The van der Waals surface area contributed by atoms with Gasteiger partial charge in [0.05, 0.1) is 20.4 Å². The van der Waals surface area contributed by atoms with Crippen molar-refractivity contribution in [3.63, 3.8) is 0 Å². The first-order chi connectivity index (χ1) is 9.69. The summed E-state index contributed by atoms with van der Waals surface area (Å²) in [5.74, 6) is 1.09. The summed E-state index contributed by atoms with van der Waals surface area (Å²) in [5, 5.41) is 0. The molecule has 0 bridgehead atoms. The second-order valence-corrected chi connectivity index (χ2v) is 3.92. The van der Waals surface area contributed by atoms with Gasteiger partial charge in [0.1, 0.15) is 5.82 Å². The molecule has 0 aliphatic carbocycles. The molecule has 0 radical (unpaired) electrons. The Balaban J connectivity index is 2.44. The normalized spacial score (nSPS) is 10.2. The third-order valence-electron chi connectivity index (χ3n) is 2.69. The van der Waals surface area contributed by atoms with E-state index in [0.29, 0.717) is 22.8 Å². The summed E-state index contributed by atoms with van der Waals surface area (Å²) in [6, 6.07) is 6.50. The van der Waals surface area contributed by atoms with Gasteiger partial charge in [-0.15, -0.1) is 0 Å². The van der Waals surface area contributed by atoms with E-state index in [4.69, 9.17) is 19.9 Å². The number of methoxy groups -OCH3 is 2. The zero-order valence-corrected chi connectivity index (χ0v) is 11.2. The molecule has 0 saturated carbocycles. The van der Waals surface area contributed by atoms with Gasteiger partial charge >= 0.3 is 0 Å². The highest BCUT2D eigenvalue weighted by molar-refractivity contribution is 5.53. The van der Waals surface area contributed by atoms with Gasteiger partial charge in [-0.3, -0.25) is 0 Å². The van der Waals surface area contributed by atoms with Crippen LogP contribution in [0.2, 0.25) is 0 Å². The molecular weight excluding hydrogens is 263 g/mol. The summed E-state index contributed by atoms with van der Waals surface area (Å²) in [6.45, 7) is 0.109. The van der Waals surface area contributed by atoms with Gasteiger partial charge < -0.3 is 19.9 Å². The van der Waals surface area contributed by atoms with Crippen LogP contribution in [0.3, 0.4) is 0 Å². The fourth-order valence-electron chi connectivity index (χ4n) is 1.72. The molecule has 0 atom stereocenters. The highest BCUT2D eigenvalue weighted by Crippen LogP contribution is 2.40. The highest BCUT2D eigenvalue weighted by atomic mass is 19.1. The third-order valence-corrected chi connectivity index (χ3v) is 2.69. The standard InChI is InChI=1S/C14H15FN2O3/c1-18-11-4-3-5-12(19-2)13(11)20-14-9(7-16)6-10(15)8-17-14/h3-6,8H,7,16H2,1-2H3. The second kappa shape index (κ2) is 6.21. The summed E-state index contributed by atoms with van der Waals surface area (Å²) in [5.41, 5.74) is 6.02. The van der Waals surface area contributed by atoms with Crippen molar-refractivity contribution >= 4 is 0 Å². The van der Waals surface area contributed by atoms with Gasteiger partial charge in [-0.25, -0.2) is 9.37 Å². The number of benzene rings is 1. The van der Waals surface area contributed by atoms with E-state index in [2.05, 4.69) is 4.98 Å². The van der Waals surface area contributed by atoms with Gasteiger partial charge in [0, 0.05) is 12.1 Å². The zero-order chi connectivity index (χ0) is 14.5. The molecule has 2 N–H and O–H groups in total. The number of rotatable bonds is 5. The number of hydrogen-bond acceptors (Lipinski definition) is 5. The number of pyridine rings is 1. The molecule has 0 aliphatic rings. The Labute approximate surface area is 116 Å². The van der Waals surface area contributed by atoms with Crippen LogP contribution in [0.25, 0.3) is 0 Å². The Kier molecular flexibility index (Phi) is 4.37. The fraction of sp³-hybridized carbons (Fsp3) is 0.214. The molecule has 0 saturated heterocycles. The van der Waals surface area contributed by atoms with E-state index in [1.807, 2.05) is 0 Å². The number of aromatic nitrogens is 1. The molecule has 0 aliphatic heterocycles. The van der Waals surface area contributed by atoms with Crippen molar-refractivity contribution < 1.29 is 18.6 Å². The van der Waals surface area contributed by atoms with E-state index in [-0.39, 0.29) is 12.4 Å². The second-order valence-electron chi connectivity index (χ2n) is 3.92. The molecule has 5 nitrogen and oxygen atoms in total. The lowest BCUT2D eigenvalue weighted by atomic mass is 10.2. The Hall–Kier alpha value is -2.34. The van der Waals surface area contributed by atoms with Gasteiger partial charge in [-0.05, 0) is 18.2 Å². The number of nitrogens with two attached hydrogens (primary N) is 1. The van der Waals surface area contributed by atoms with E-state index in [1.54, 1.807) is 18.2 Å². The lowest BCUT2D eigenvalue weighted by Gasteiger charge is -2.14. The van der Waals surface area contributed by atoms with Crippen molar-refractivity contribution in [1.29, 1.82) is 0 Å². The van der Waals surface area contributed by atoms with Crippen LogP contribution in [0.5, 0.6) is 23.1 Å². The Morgan fingerprint density at radius 1 is 1.20 bits per heavy atom. The molecule has 106 valence electrons. The molecular formula is C14H15FN2O3. The van der Waals surface area contributed by atoms with Crippen LogP contribution >= 0.6 is 0 Å². The third kappa shape index (κ3) is 2.80. The Morgan fingerprint density at radius 3 is 2.40 bits per heavy atom. The Bertz CT molecular complexity index is 583. The first-order valence-corrected chi connectivity index (χ1v) is 5.93. The van der Waals surface area contributed by atoms with Crippen molar-refractivity contribution in [3.05, 3.63) is 41.8 Å². The van der Waals surface area contributed by atoms with E-state index in [1.165, 1.54) is 20.3 Å². The fourth-order valence-corrected chi connectivity index (χ4v) is 1.72. The average Bonchev–Trinajstić information content (AvgIpc) is 2.49. The van der Waals surface area contributed by atoms with E-state index >= 15 is 0 Å². The zero-order valence-electron chi connectivity index (χ0n) is 11.2. The summed E-state index contributed by atoms with van der Waals surface area (Å²) in [4.78, 5) is 3.91. The van der Waals surface area contributed by atoms with Crippen molar-refractivity contribution in [3.8, 4) is 23.1 Å². The maximum Gasteiger partial charge on any atom is 0.224 e. The SMILES string of the molecule is COc1cccc(OC)c1Oc1ncc(F)cc1CN. The van der Waals surface area contributed by atoms with Crippen LogP contribution in [0.15, 0.2) is 30.5 Å². The predicted octanol–water partition coefficient (Wildman–Crippen LogP) is 2.49. The monoisotopic (exact) mass is 278 g/mol. The number of ether oxygens (including phenoxy) is 3. The molecule has 1 heterocycles. The van der Waals surface area contributed by atoms with Gasteiger partial charge in [-0.1, -0.05) is 6.07 Å². The van der Waals surface area contributed by atoms with Crippen molar-refractivity contribution in [2.75, 3.05) is 14.2 Å². The summed E-state index contributed by atoms with van der Waals surface area (Å²) in [6.07, 6.45) is 1.07. The van der Waals surface area contributed by atoms with Gasteiger partial charge in [0.2, 0.25) is 11.6 Å². The summed E-state index contributed by atoms with van der Waals surface area (Å²) >= 11 is 0. The van der Waals surface area contributed by atoms with Crippen LogP contribution in [0, 0.1) is 5.82 Å². The summed E-state index contributed by atoms with van der Waals surface area (Å²) < 4.78 is 29.3. The van der Waals surface area contributed by atoms with Crippen LogP contribution < -0.4 is 19.9 Å². The average molecular weight is 278 g/mol. The van der Waals surface area contributed by atoms with Crippen molar-refractivity contribution in [2.24, 2.45) is 5.73 Å². The van der Waals surface area contributed by atoms with Crippen LogP contribution in [-0.4, -0.2) is 19.2 Å². The van der Waals surface area contributed by atoms with Gasteiger partial charge in [0.15, 0.2) is 11.5 Å². The molecule has 0 unspecified atom stereocenters. The van der Waals surface area contributed by atoms with Crippen LogP contribution in [0.1, 0.15) is 5.56 Å². The minimum absolute atomic E-state index is 0.109. The molecule has 2 aromatic rings. The molecule has 20 heavy (non-hydrogen) atoms. The quantitative estimate of drug-likeness (QED) is 0.910. The molecule has 1 aromatic carbocycles. The molecule has 0 fully saturated rings. The molecule has 2 rings (SSSR count).